The summed E-state index contributed by atoms with van der Waals surface area (Å²) in [6.45, 7) is 0.190. The van der Waals surface area contributed by atoms with Crippen molar-refractivity contribution < 1.29 is 13.6 Å². The molecule has 0 aliphatic carbocycles. The highest BCUT2D eigenvalue weighted by atomic mass is 19.1. The van der Waals surface area contributed by atoms with Gasteiger partial charge in [-0.25, -0.2) is 18.1 Å². The molecule has 0 saturated heterocycles. The topological polar surface area (TPSA) is 58.4 Å². The summed E-state index contributed by atoms with van der Waals surface area (Å²) >= 11 is 0. The van der Waals surface area contributed by atoms with Gasteiger partial charge in [0.15, 0.2) is 0 Å². The molecule has 3 aromatic rings. The molecule has 22 heavy (non-hydrogen) atoms. The van der Waals surface area contributed by atoms with Gasteiger partial charge in [-0.2, -0.15) is 5.10 Å². The minimum Gasteiger partial charge on any atom is -0.334 e. The number of carbonyl (C=O) groups excluding carboxylic acids is 1. The number of amides is 2. The molecule has 0 spiro atoms. The van der Waals surface area contributed by atoms with Crippen LogP contribution in [0.25, 0.3) is 5.52 Å². The predicted octanol–water partition coefficient (Wildman–Crippen LogP) is 2.93. The standard InChI is InChI=1S/C15H12F2N4O/c16-11-4-3-5-12(17)14(11)20-15(22)18-8-10-9-19-21-7-2-1-6-13(10)21/h1-7,9H,8H2,(H2,18,20,22). The second kappa shape index (κ2) is 5.80. The van der Waals surface area contributed by atoms with Crippen LogP contribution in [-0.2, 0) is 6.54 Å². The second-order valence-electron chi connectivity index (χ2n) is 4.60. The number of pyridine rings is 1. The highest BCUT2D eigenvalue weighted by Crippen LogP contribution is 2.17. The Bertz CT molecular complexity index is 811. The number of anilines is 1. The van der Waals surface area contributed by atoms with Gasteiger partial charge >= 0.3 is 6.03 Å². The van der Waals surface area contributed by atoms with E-state index in [0.717, 1.165) is 23.2 Å². The van der Waals surface area contributed by atoms with Crippen molar-refractivity contribution in [3.8, 4) is 0 Å². The van der Waals surface area contributed by atoms with E-state index in [-0.39, 0.29) is 6.54 Å². The van der Waals surface area contributed by atoms with Crippen LogP contribution in [0.5, 0.6) is 0 Å². The molecule has 0 aliphatic heterocycles. The predicted molar refractivity (Wildman–Crippen MR) is 77.4 cm³/mol. The lowest BCUT2D eigenvalue weighted by molar-refractivity contribution is 0.251. The number of rotatable bonds is 3. The van der Waals surface area contributed by atoms with Gasteiger partial charge in [0, 0.05) is 18.3 Å². The Hall–Kier alpha value is -2.96. The number of carbonyl (C=O) groups is 1. The third-order valence-electron chi connectivity index (χ3n) is 3.15. The van der Waals surface area contributed by atoms with Crippen molar-refractivity contribution in [2.75, 3.05) is 5.32 Å². The molecular formula is C15H12F2N4O. The number of para-hydroxylation sites is 1. The van der Waals surface area contributed by atoms with Crippen molar-refractivity contribution in [2.24, 2.45) is 0 Å². The molecule has 2 N–H and O–H groups in total. The van der Waals surface area contributed by atoms with E-state index in [1.165, 1.54) is 6.07 Å². The van der Waals surface area contributed by atoms with Crippen LogP contribution in [0, 0.1) is 11.6 Å². The lowest BCUT2D eigenvalue weighted by Crippen LogP contribution is -2.29. The van der Waals surface area contributed by atoms with Gasteiger partial charge in [-0.05, 0) is 24.3 Å². The van der Waals surface area contributed by atoms with E-state index in [1.54, 1.807) is 16.9 Å². The van der Waals surface area contributed by atoms with Crippen LogP contribution in [0.2, 0.25) is 0 Å². The lowest BCUT2D eigenvalue weighted by Gasteiger charge is -2.08. The third kappa shape index (κ3) is 2.73. The van der Waals surface area contributed by atoms with Gasteiger partial charge in [-0.3, -0.25) is 0 Å². The molecular weight excluding hydrogens is 290 g/mol. The zero-order chi connectivity index (χ0) is 15.5. The number of urea groups is 1. The normalized spacial score (nSPS) is 10.6. The Kier molecular flexibility index (Phi) is 3.69. The monoisotopic (exact) mass is 302 g/mol. The molecule has 0 radical (unpaired) electrons. The molecule has 0 bridgehead atoms. The summed E-state index contributed by atoms with van der Waals surface area (Å²) in [4.78, 5) is 11.8. The zero-order valence-corrected chi connectivity index (χ0v) is 11.4. The largest absolute Gasteiger partial charge is 0.334 e. The first-order chi connectivity index (χ1) is 10.6. The van der Waals surface area contributed by atoms with Gasteiger partial charge in [-0.1, -0.05) is 12.1 Å². The van der Waals surface area contributed by atoms with E-state index in [4.69, 9.17) is 0 Å². The van der Waals surface area contributed by atoms with E-state index in [1.807, 2.05) is 18.2 Å². The fourth-order valence-corrected chi connectivity index (χ4v) is 2.07. The molecule has 0 saturated carbocycles. The molecule has 2 heterocycles. The fourth-order valence-electron chi connectivity index (χ4n) is 2.07. The van der Waals surface area contributed by atoms with Crippen LogP contribution >= 0.6 is 0 Å². The summed E-state index contributed by atoms with van der Waals surface area (Å²) in [5, 5.41) is 8.84. The van der Waals surface area contributed by atoms with Gasteiger partial charge in [-0.15, -0.1) is 0 Å². The Labute approximate surface area is 124 Å². The average molecular weight is 302 g/mol. The SMILES string of the molecule is O=C(NCc1cnn2ccccc12)Nc1c(F)cccc1F. The number of hydrogen-bond acceptors (Lipinski definition) is 2. The van der Waals surface area contributed by atoms with Gasteiger partial charge in [0.05, 0.1) is 11.7 Å². The minimum atomic E-state index is -0.828. The average Bonchev–Trinajstić information content (AvgIpc) is 2.92. The molecule has 0 fully saturated rings. The van der Waals surface area contributed by atoms with E-state index < -0.39 is 23.4 Å². The van der Waals surface area contributed by atoms with E-state index in [0.29, 0.717) is 0 Å². The van der Waals surface area contributed by atoms with Crippen molar-refractivity contribution in [1.29, 1.82) is 0 Å². The molecule has 2 amide bonds. The Morgan fingerprint density at radius 1 is 1.14 bits per heavy atom. The molecule has 3 rings (SSSR count). The molecule has 2 aromatic heterocycles. The fraction of sp³-hybridized carbons (Fsp3) is 0.0667. The summed E-state index contributed by atoms with van der Waals surface area (Å²) < 4.78 is 28.5. The van der Waals surface area contributed by atoms with Crippen LogP contribution in [-0.4, -0.2) is 15.6 Å². The zero-order valence-electron chi connectivity index (χ0n) is 11.4. The van der Waals surface area contributed by atoms with Gasteiger partial charge in [0.25, 0.3) is 0 Å². The highest BCUT2D eigenvalue weighted by Gasteiger charge is 2.12. The first-order valence-electron chi connectivity index (χ1n) is 6.55. The molecule has 5 nitrogen and oxygen atoms in total. The molecule has 0 atom stereocenters. The van der Waals surface area contributed by atoms with E-state index in [9.17, 15) is 13.6 Å². The number of benzene rings is 1. The minimum absolute atomic E-state index is 0.190. The quantitative estimate of drug-likeness (QED) is 0.781. The summed E-state index contributed by atoms with van der Waals surface area (Å²) in [7, 11) is 0. The lowest BCUT2D eigenvalue weighted by atomic mass is 10.2. The van der Waals surface area contributed by atoms with Crippen molar-refractivity contribution in [1.82, 2.24) is 14.9 Å². The number of nitrogens with one attached hydrogen (secondary N) is 2. The van der Waals surface area contributed by atoms with Crippen molar-refractivity contribution >= 4 is 17.2 Å². The first-order valence-corrected chi connectivity index (χ1v) is 6.55. The van der Waals surface area contributed by atoms with Crippen LogP contribution in [0.4, 0.5) is 19.3 Å². The molecule has 7 heteroatoms. The maximum absolute atomic E-state index is 13.4. The number of aromatic nitrogens is 2. The summed E-state index contributed by atoms with van der Waals surface area (Å²) in [6.07, 6.45) is 3.41. The van der Waals surface area contributed by atoms with Crippen LogP contribution in [0.1, 0.15) is 5.56 Å². The van der Waals surface area contributed by atoms with Gasteiger partial charge in [0.1, 0.15) is 17.3 Å². The summed E-state index contributed by atoms with van der Waals surface area (Å²) in [6, 6.07) is 8.23. The van der Waals surface area contributed by atoms with Gasteiger partial charge < -0.3 is 10.6 Å². The Morgan fingerprint density at radius 3 is 2.68 bits per heavy atom. The summed E-state index contributed by atoms with van der Waals surface area (Å²) in [5.74, 6) is -1.66. The maximum atomic E-state index is 13.4. The Morgan fingerprint density at radius 2 is 1.91 bits per heavy atom. The maximum Gasteiger partial charge on any atom is 0.319 e. The third-order valence-corrected chi connectivity index (χ3v) is 3.15. The van der Waals surface area contributed by atoms with E-state index >= 15 is 0 Å². The summed E-state index contributed by atoms with van der Waals surface area (Å²) in [5.41, 5.74) is 1.17. The van der Waals surface area contributed by atoms with Crippen LogP contribution in [0.15, 0.2) is 48.8 Å². The van der Waals surface area contributed by atoms with Crippen molar-refractivity contribution in [3.63, 3.8) is 0 Å². The number of fused-ring (bicyclic) bond motifs is 1. The van der Waals surface area contributed by atoms with Crippen LogP contribution < -0.4 is 10.6 Å². The molecule has 0 unspecified atom stereocenters. The smallest absolute Gasteiger partial charge is 0.319 e. The molecule has 0 aliphatic rings. The van der Waals surface area contributed by atoms with Crippen molar-refractivity contribution in [3.05, 3.63) is 66.0 Å². The number of halogens is 2. The molecule has 1 aromatic carbocycles. The molecule has 112 valence electrons. The number of nitrogens with zero attached hydrogens (tertiary/aromatic N) is 2. The van der Waals surface area contributed by atoms with Gasteiger partial charge in [0.2, 0.25) is 0 Å². The Balaban J connectivity index is 1.68. The van der Waals surface area contributed by atoms with Crippen molar-refractivity contribution in [2.45, 2.75) is 6.54 Å². The number of hydrogen-bond donors (Lipinski definition) is 2. The van der Waals surface area contributed by atoms with Crippen LogP contribution in [0.3, 0.4) is 0 Å². The van der Waals surface area contributed by atoms with E-state index in [2.05, 4.69) is 15.7 Å². The first kappa shape index (κ1) is 14.0. The second-order valence-corrected chi connectivity index (χ2v) is 4.60. The highest BCUT2D eigenvalue weighted by molar-refractivity contribution is 5.89.